The summed E-state index contributed by atoms with van der Waals surface area (Å²) in [6.07, 6.45) is 15.1. The molecule has 1 atom stereocenters. The lowest BCUT2D eigenvalue weighted by atomic mass is 10.1. The van der Waals surface area contributed by atoms with Gasteiger partial charge >= 0.3 is 0 Å². The Morgan fingerprint density at radius 1 is 1.05 bits per heavy atom. The fraction of sp³-hybridized carbons (Fsp3) is 0.647. The van der Waals surface area contributed by atoms with Crippen molar-refractivity contribution in [3.8, 4) is 11.8 Å². The Bertz CT molecular complexity index is 310. The highest BCUT2D eigenvalue weighted by Gasteiger charge is 1.98. The van der Waals surface area contributed by atoms with Crippen LogP contribution in [-0.2, 0) is 4.74 Å². The maximum Gasteiger partial charge on any atom is 0.115 e. The van der Waals surface area contributed by atoms with Crippen LogP contribution in [0.15, 0.2) is 24.5 Å². The number of rotatable bonds is 11. The van der Waals surface area contributed by atoms with Crippen LogP contribution in [0.3, 0.4) is 0 Å². The van der Waals surface area contributed by atoms with Gasteiger partial charge in [0.2, 0.25) is 0 Å². The molecule has 0 aromatic rings. The first-order valence-electron chi connectivity index (χ1n) is 7.52. The van der Waals surface area contributed by atoms with Crippen molar-refractivity contribution in [2.24, 2.45) is 0 Å². The largest absolute Gasteiger partial charge is 0.498 e. The summed E-state index contributed by atoms with van der Waals surface area (Å²) in [5, 5.41) is 17.5. The molecular formula is C17H28O3. The summed E-state index contributed by atoms with van der Waals surface area (Å²) in [6.45, 7) is 2.03. The monoisotopic (exact) mass is 280 g/mol. The van der Waals surface area contributed by atoms with E-state index in [1.807, 2.05) is 6.08 Å². The molecular weight excluding hydrogens is 252 g/mol. The van der Waals surface area contributed by atoms with Gasteiger partial charge < -0.3 is 14.9 Å². The number of aliphatic hydroxyl groups is 2. The topological polar surface area (TPSA) is 49.7 Å². The summed E-state index contributed by atoms with van der Waals surface area (Å²) in [6, 6.07) is 0. The standard InChI is InChI=1S/C17H28O3/c1-2-3-4-5-6-7-8-9-10-11-12-13-14-20-16-17(19)15-18/h9-10,13-14,17-19H,2-8,15-16H2,1H3/b10-9-,14-13+/t17-/m0/s1. The average molecular weight is 280 g/mol. The normalized spacial score (nSPS) is 12.6. The average Bonchev–Trinajstić information content (AvgIpc) is 2.47. The van der Waals surface area contributed by atoms with E-state index in [0.717, 1.165) is 6.42 Å². The van der Waals surface area contributed by atoms with Gasteiger partial charge in [0.1, 0.15) is 12.7 Å². The Kier molecular flexibility index (Phi) is 14.8. The lowest BCUT2D eigenvalue weighted by Gasteiger charge is -2.04. The van der Waals surface area contributed by atoms with Crippen LogP contribution in [-0.4, -0.2) is 29.5 Å². The lowest BCUT2D eigenvalue weighted by molar-refractivity contribution is 0.0385. The molecule has 0 amide bonds. The fourth-order valence-corrected chi connectivity index (χ4v) is 1.58. The molecule has 0 aliphatic heterocycles. The summed E-state index contributed by atoms with van der Waals surface area (Å²) in [5.74, 6) is 5.70. The van der Waals surface area contributed by atoms with Gasteiger partial charge in [0.15, 0.2) is 0 Å². The lowest BCUT2D eigenvalue weighted by Crippen LogP contribution is -2.17. The first-order chi connectivity index (χ1) is 9.81. The second-order valence-corrected chi connectivity index (χ2v) is 4.72. The molecule has 114 valence electrons. The van der Waals surface area contributed by atoms with Gasteiger partial charge in [-0.25, -0.2) is 0 Å². The number of allylic oxidation sites excluding steroid dienone is 3. The van der Waals surface area contributed by atoms with Crippen LogP contribution in [0.4, 0.5) is 0 Å². The number of unbranched alkanes of at least 4 members (excludes halogenated alkanes) is 6. The Labute approximate surface area is 123 Å². The van der Waals surface area contributed by atoms with E-state index in [-0.39, 0.29) is 13.2 Å². The van der Waals surface area contributed by atoms with Crippen LogP contribution < -0.4 is 0 Å². The Balaban J connectivity index is 3.42. The molecule has 3 nitrogen and oxygen atoms in total. The van der Waals surface area contributed by atoms with E-state index in [2.05, 4.69) is 24.8 Å². The van der Waals surface area contributed by atoms with Crippen LogP contribution in [0.25, 0.3) is 0 Å². The van der Waals surface area contributed by atoms with Crippen LogP contribution in [0.1, 0.15) is 51.9 Å². The van der Waals surface area contributed by atoms with Crippen molar-refractivity contribution in [3.63, 3.8) is 0 Å². The minimum Gasteiger partial charge on any atom is -0.498 e. The molecule has 0 rings (SSSR count). The van der Waals surface area contributed by atoms with Crippen molar-refractivity contribution in [2.75, 3.05) is 13.2 Å². The first kappa shape index (κ1) is 18.8. The molecule has 3 heteroatoms. The molecule has 0 heterocycles. The van der Waals surface area contributed by atoms with Crippen molar-refractivity contribution in [1.82, 2.24) is 0 Å². The third kappa shape index (κ3) is 14.8. The summed E-state index contributed by atoms with van der Waals surface area (Å²) >= 11 is 0. The molecule has 2 N–H and O–H groups in total. The minimum absolute atomic E-state index is 0.0859. The van der Waals surface area contributed by atoms with E-state index in [9.17, 15) is 0 Å². The third-order valence-corrected chi connectivity index (χ3v) is 2.76. The van der Waals surface area contributed by atoms with Crippen molar-refractivity contribution in [1.29, 1.82) is 0 Å². The quantitative estimate of drug-likeness (QED) is 0.347. The van der Waals surface area contributed by atoms with E-state index in [1.54, 1.807) is 6.08 Å². The number of hydrogen-bond donors (Lipinski definition) is 2. The zero-order valence-electron chi connectivity index (χ0n) is 12.6. The molecule has 0 radical (unpaired) electrons. The second kappa shape index (κ2) is 15.8. The number of ether oxygens (including phenoxy) is 1. The van der Waals surface area contributed by atoms with Gasteiger partial charge in [-0.3, -0.25) is 0 Å². The molecule has 0 aliphatic carbocycles. The molecule has 0 aromatic carbocycles. The van der Waals surface area contributed by atoms with Gasteiger partial charge in [0, 0.05) is 6.08 Å². The maximum absolute atomic E-state index is 8.99. The van der Waals surface area contributed by atoms with E-state index >= 15 is 0 Å². The predicted octanol–water partition coefficient (Wildman–Crippen LogP) is 3.18. The zero-order chi connectivity index (χ0) is 14.9. The van der Waals surface area contributed by atoms with Crippen LogP contribution in [0, 0.1) is 11.8 Å². The highest BCUT2D eigenvalue weighted by molar-refractivity contribution is 5.22. The molecule has 0 bridgehead atoms. The Hall–Kier alpha value is -1.24. The van der Waals surface area contributed by atoms with E-state index in [4.69, 9.17) is 14.9 Å². The van der Waals surface area contributed by atoms with Crippen molar-refractivity contribution >= 4 is 0 Å². The van der Waals surface area contributed by atoms with E-state index in [1.165, 1.54) is 44.8 Å². The van der Waals surface area contributed by atoms with Crippen molar-refractivity contribution in [2.45, 2.75) is 58.0 Å². The van der Waals surface area contributed by atoms with Crippen molar-refractivity contribution < 1.29 is 14.9 Å². The molecule has 0 saturated carbocycles. The number of hydrogen-bond acceptors (Lipinski definition) is 3. The molecule has 0 fully saturated rings. The molecule has 0 spiro atoms. The number of aliphatic hydroxyl groups excluding tert-OH is 2. The molecule has 0 aromatic heterocycles. The molecule has 0 unspecified atom stereocenters. The van der Waals surface area contributed by atoms with Gasteiger partial charge in [0.25, 0.3) is 0 Å². The van der Waals surface area contributed by atoms with Gasteiger partial charge in [-0.1, -0.05) is 56.9 Å². The minimum atomic E-state index is -0.829. The van der Waals surface area contributed by atoms with Crippen molar-refractivity contribution in [3.05, 3.63) is 24.5 Å². The van der Waals surface area contributed by atoms with Gasteiger partial charge in [-0.05, 0) is 18.9 Å². The van der Waals surface area contributed by atoms with Gasteiger partial charge in [-0.15, -0.1) is 0 Å². The van der Waals surface area contributed by atoms with Crippen LogP contribution in [0.5, 0.6) is 0 Å². The Morgan fingerprint density at radius 3 is 2.50 bits per heavy atom. The SMILES string of the molecule is CCCCCCCC/C=C\C#C/C=C/OC[C@@H](O)CO. The zero-order valence-corrected chi connectivity index (χ0v) is 12.6. The Morgan fingerprint density at radius 2 is 1.75 bits per heavy atom. The highest BCUT2D eigenvalue weighted by atomic mass is 16.5. The first-order valence-corrected chi connectivity index (χ1v) is 7.52. The summed E-state index contributed by atoms with van der Waals surface area (Å²) < 4.78 is 4.96. The summed E-state index contributed by atoms with van der Waals surface area (Å²) in [7, 11) is 0. The molecule has 20 heavy (non-hydrogen) atoms. The fourth-order valence-electron chi connectivity index (χ4n) is 1.58. The van der Waals surface area contributed by atoms with Crippen LogP contribution >= 0.6 is 0 Å². The maximum atomic E-state index is 8.99. The smallest absolute Gasteiger partial charge is 0.115 e. The summed E-state index contributed by atoms with van der Waals surface area (Å²) in [5.41, 5.74) is 0. The highest BCUT2D eigenvalue weighted by Crippen LogP contribution is 2.06. The molecule has 0 saturated heterocycles. The van der Waals surface area contributed by atoms with E-state index < -0.39 is 6.10 Å². The summed E-state index contributed by atoms with van der Waals surface area (Å²) in [4.78, 5) is 0. The van der Waals surface area contributed by atoms with Crippen LogP contribution in [0.2, 0.25) is 0 Å². The second-order valence-electron chi connectivity index (χ2n) is 4.72. The third-order valence-electron chi connectivity index (χ3n) is 2.76. The van der Waals surface area contributed by atoms with E-state index in [0.29, 0.717) is 0 Å². The molecule has 0 aliphatic rings. The van der Waals surface area contributed by atoms with Gasteiger partial charge in [0.05, 0.1) is 12.9 Å². The van der Waals surface area contributed by atoms with Gasteiger partial charge in [-0.2, -0.15) is 0 Å². The predicted molar refractivity (Wildman–Crippen MR) is 83.1 cm³/mol.